The fourth-order valence-corrected chi connectivity index (χ4v) is 3.48. The molecule has 156 valence electrons. The van der Waals surface area contributed by atoms with Crippen molar-refractivity contribution in [2.45, 2.75) is 24.2 Å². The zero-order valence-corrected chi connectivity index (χ0v) is 15.7. The molecule has 29 heavy (non-hydrogen) atoms. The molecule has 2 aromatic rings. The number of nitriles is 1. The Morgan fingerprint density at radius 1 is 0.793 bits per heavy atom. The maximum absolute atomic E-state index is 14.7. The molecule has 0 fully saturated rings. The highest BCUT2D eigenvalue weighted by Gasteiger charge is 2.74. The molecule has 0 saturated carbocycles. The Hall–Kier alpha value is -2.04. The van der Waals surface area contributed by atoms with Crippen LogP contribution in [0, 0.1) is 14.9 Å². The molecule has 0 radical (unpaired) electrons. The highest BCUT2D eigenvalue weighted by molar-refractivity contribution is 14.1. The number of alkyl halides is 10. The topological polar surface area (TPSA) is 23.8 Å². The van der Waals surface area contributed by atoms with Gasteiger partial charge in [-0.15, -0.1) is 0 Å². The van der Waals surface area contributed by atoms with Gasteiger partial charge in [0.15, 0.2) is 0 Å². The second-order valence-corrected chi connectivity index (χ2v) is 6.89. The van der Waals surface area contributed by atoms with Crippen molar-refractivity contribution in [1.82, 2.24) is 0 Å². The summed E-state index contributed by atoms with van der Waals surface area (Å²) >= 11 is 1.09. The van der Waals surface area contributed by atoms with Crippen molar-refractivity contribution < 1.29 is 43.9 Å². The van der Waals surface area contributed by atoms with Gasteiger partial charge >= 0.3 is 24.2 Å². The van der Waals surface area contributed by atoms with E-state index in [0.29, 0.717) is 6.07 Å². The molecule has 0 spiro atoms. The molecule has 0 aliphatic rings. The maximum Gasteiger partial charge on any atom is 0.435 e. The first kappa shape index (κ1) is 23.2. The lowest BCUT2D eigenvalue weighted by Crippen LogP contribution is -2.51. The Morgan fingerprint density at radius 3 is 1.79 bits per heavy atom. The number of hydrogen-bond donors (Lipinski definition) is 0. The summed E-state index contributed by atoms with van der Waals surface area (Å²) < 4.78 is 133. The van der Waals surface area contributed by atoms with Gasteiger partial charge in [0.1, 0.15) is 0 Å². The lowest BCUT2D eigenvalue weighted by Gasteiger charge is -2.33. The predicted octanol–water partition coefficient (Wildman–Crippen LogP) is 7.14. The van der Waals surface area contributed by atoms with E-state index in [0.717, 1.165) is 46.9 Å². The van der Waals surface area contributed by atoms with E-state index in [1.807, 2.05) is 0 Å². The first-order chi connectivity index (χ1) is 13.0. The molecule has 2 rings (SSSR count). The molecule has 0 bridgehead atoms. The molecule has 0 aliphatic heterocycles. The normalized spacial score (nSPS) is 13.3. The van der Waals surface area contributed by atoms with Gasteiger partial charge in [-0.2, -0.15) is 44.8 Å². The molecule has 1 nitrogen and oxygen atoms in total. The van der Waals surface area contributed by atoms with E-state index in [1.165, 1.54) is 0 Å². The molecule has 0 amide bonds. The van der Waals surface area contributed by atoms with Crippen molar-refractivity contribution in [3.8, 4) is 17.2 Å². The molecule has 0 aromatic heterocycles. The molecular weight excluding hydrogens is 535 g/mol. The van der Waals surface area contributed by atoms with E-state index in [-0.39, 0.29) is 5.56 Å². The zero-order chi connectivity index (χ0) is 22.4. The smallest absolute Gasteiger partial charge is 0.218 e. The van der Waals surface area contributed by atoms with E-state index in [4.69, 9.17) is 5.26 Å². The number of hydrogen-bond acceptors (Lipinski definition) is 1. The van der Waals surface area contributed by atoms with E-state index in [9.17, 15) is 43.9 Å². The summed E-state index contributed by atoms with van der Waals surface area (Å²) in [7, 11) is 0. The van der Waals surface area contributed by atoms with Crippen LogP contribution >= 0.6 is 22.6 Å². The Labute approximate surface area is 170 Å². The third-order valence-corrected chi connectivity index (χ3v) is 4.70. The van der Waals surface area contributed by atoms with Gasteiger partial charge in [-0.05, 0) is 52.4 Å². The van der Waals surface area contributed by atoms with E-state index < -0.39 is 56.1 Å². The van der Waals surface area contributed by atoms with Crippen LogP contribution in [0.4, 0.5) is 43.9 Å². The second kappa shape index (κ2) is 7.33. The van der Waals surface area contributed by atoms with Crippen LogP contribution in [0.5, 0.6) is 0 Å². The summed E-state index contributed by atoms with van der Waals surface area (Å²) in [4.78, 5) is 0. The molecular formula is C17H6F10IN. The maximum atomic E-state index is 14.7. The molecule has 0 atom stereocenters. The SMILES string of the molecule is N#Cc1cccc(-c2c(I)cc(C(F)(F)F)cc2C(F)(C(F)(F)F)C(F)(F)F)c1. The van der Waals surface area contributed by atoms with Gasteiger partial charge in [0.2, 0.25) is 0 Å². The second-order valence-electron chi connectivity index (χ2n) is 5.72. The monoisotopic (exact) mass is 541 g/mol. The summed E-state index contributed by atoms with van der Waals surface area (Å²) in [6.07, 6.45) is -18.6. The highest BCUT2D eigenvalue weighted by atomic mass is 127. The average Bonchev–Trinajstić information content (AvgIpc) is 2.57. The van der Waals surface area contributed by atoms with E-state index >= 15 is 0 Å². The average molecular weight is 541 g/mol. The number of nitrogens with zero attached hydrogens (tertiary/aromatic N) is 1. The molecule has 2 aromatic carbocycles. The first-order valence-electron chi connectivity index (χ1n) is 7.28. The van der Waals surface area contributed by atoms with Crippen LogP contribution in [0.15, 0.2) is 36.4 Å². The van der Waals surface area contributed by atoms with Gasteiger partial charge < -0.3 is 0 Å². The van der Waals surface area contributed by atoms with Gasteiger partial charge in [-0.25, -0.2) is 4.39 Å². The summed E-state index contributed by atoms with van der Waals surface area (Å²) in [5.41, 5.74) is -12.0. The lowest BCUT2D eigenvalue weighted by molar-refractivity contribution is -0.348. The minimum Gasteiger partial charge on any atom is -0.218 e. The van der Waals surface area contributed by atoms with Crippen LogP contribution in [0.2, 0.25) is 0 Å². The molecule has 0 heterocycles. The summed E-state index contributed by atoms with van der Waals surface area (Å²) in [6.45, 7) is 0. The molecule has 0 saturated heterocycles. The summed E-state index contributed by atoms with van der Waals surface area (Å²) in [5, 5.41) is 8.88. The highest BCUT2D eigenvalue weighted by Crippen LogP contribution is 2.56. The molecule has 0 unspecified atom stereocenters. The standard InChI is InChI=1S/C17H6F10IN/c18-14(16(22,23)24,17(25,26)27)11-5-10(15(19,20)21)6-12(28)13(11)9-3-1-2-8(4-9)7-29/h1-6H. The van der Waals surface area contributed by atoms with E-state index in [1.54, 1.807) is 6.07 Å². The van der Waals surface area contributed by atoms with Crippen LogP contribution in [0.1, 0.15) is 16.7 Å². The molecule has 0 N–H and O–H groups in total. The van der Waals surface area contributed by atoms with Gasteiger partial charge in [0, 0.05) is 14.7 Å². The van der Waals surface area contributed by atoms with Crippen molar-refractivity contribution >= 4 is 22.6 Å². The predicted molar refractivity (Wildman–Crippen MR) is 89.2 cm³/mol. The van der Waals surface area contributed by atoms with Crippen LogP contribution in [-0.2, 0) is 11.8 Å². The van der Waals surface area contributed by atoms with Crippen molar-refractivity contribution in [2.24, 2.45) is 0 Å². The van der Waals surface area contributed by atoms with Crippen molar-refractivity contribution in [3.05, 3.63) is 56.7 Å². The van der Waals surface area contributed by atoms with Crippen LogP contribution in [0.3, 0.4) is 0 Å². The summed E-state index contributed by atoms with van der Waals surface area (Å²) in [5.74, 6) is 0. The van der Waals surface area contributed by atoms with Gasteiger partial charge in [0.05, 0.1) is 17.2 Å². The fourth-order valence-electron chi connectivity index (χ4n) is 2.55. The third-order valence-electron chi connectivity index (χ3n) is 3.85. The van der Waals surface area contributed by atoms with Gasteiger partial charge in [0.25, 0.3) is 0 Å². The Bertz CT molecular complexity index is 952. The van der Waals surface area contributed by atoms with Crippen LogP contribution in [-0.4, -0.2) is 12.4 Å². The Kier molecular flexibility index (Phi) is 5.88. The fraction of sp³-hybridized carbons (Fsp3) is 0.235. The van der Waals surface area contributed by atoms with Crippen molar-refractivity contribution in [3.63, 3.8) is 0 Å². The number of rotatable bonds is 2. The largest absolute Gasteiger partial charge is 0.435 e. The molecule has 0 aliphatic carbocycles. The Morgan fingerprint density at radius 2 is 1.34 bits per heavy atom. The van der Waals surface area contributed by atoms with Gasteiger partial charge in [-0.3, -0.25) is 0 Å². The summed E-state index contributed by atoms with van der Waals surface area (Å²) in [6, 6.07) is 5.45. The number of benzene rings is 2. The van der Waals surface area contributed by atoms with Crippen molar-refractivity contribution in [2.75, 3.05) is 0 Å². The lowest BCUT2D eigenvalue weighted by atomic mass is 9.85. The minimum atomic E-state index is -6.61. The van der Waals surface area contributed by atoms with E-state index in [2.05, 4.69) is 0 Å². The minimum absolute atomic E-state index is 0.201. The van der Waals surface area contributed by atoms with Crippen molar-refractivity contribution in [1.29, 1.82) is 5.26 Å². The number of halogens is 11. The van der Waals surface area contributed by atoms with Crippen LogP contribution < -0.4 is 0 Å². The first-order valence-corrected chi connectivity index (χ1v) is 8.36. The van der Waals surface area contributed by atoms with Gasteiger partial charge in [-0.1, -0.05) is 12.1 Å². The zero-order valence-electron chi connectivity index (χ0n) is 13.6. The Balaban J connectivity index is 3.05. The molecule has 12 heteroatoms. The third kappa shape index (κ3) is 4.15. The quantitative estimate of drug-likeness (QED) is 0.293. The van der Waals surface area contributed by atoms with Crippen LogP contribution in [0.25, 0.3) is 11.1 Å².